The molecule has 0 radical (unpaired) electrons. The molecule has 0 spiro atoms. The third-order valence-electron chi connectivity index (χ3n) is 15.6. The summed E-state index contributed by atoms with van der Waals surface area (Å²) in [5.74, 6) is 3.00. The average molecular weight is 755 g/mol. The van der Waals surface area contributed by atoms with Gasteiger partial charge in [0.25, 0.3) is 0 Å². The van der Waals surface area contributed by atoms with Crippen LogP contribution in [0.2, 0.25) is 0 Å². The van der Waals surface area contributed by atoms with Crippen molar-refractivity contribution in [3.8, 4) is 0 Å². The number of carbonyl (C=O) groups excluding carboxylic acids is 1. The van der Waals surface area contributed by atoms with Crippen LogP contribution in [0.5, 0.6) is 0 Å². The number of carbonyl (C=O) groups is 1. The minimum atomic E-state index is -0.117. The molecule has 0 aromatic carbocycles. The van der Waals surface area contributed by atoms with Crippen molar-refractivity contribution in [2.75, 3.05) is 6.61 Å². The molecule has 2 N–H and O–H groups in total. The van der Waals surface area contributed by atoms with Gasteiger partial charge in [-0.05, 0) is 93.3 Å². The average Bonchev–Trinajstić information content (AvgIpc) is 3.53. The molecule has 3 nitrogen and oxygen atoms in total. The van der Waals surface area contributed by atoms with Gasteiger partial charge in [-0.25, -0.2) is 0 Å². The van der Waals surface area contributed by atoms with E-state index in [1.54, 1.807) is 5.57 Å². The maximum atomic E-state index is 12.2. The number of hydrogen-bond donors (Lipinski definition) is 2. The Labute approximate surface area is 337 Å². The lowest BCUT2D eigenvalue weighted by Crippen LogP contribution is -2.50. The zero-order valence-corrected chi connectivity index (χ0v) is 36.9. The van der Waals surface area contributed by atoms with Gasteiger partial charge in [0, 0.05) is 12.5 Å². The number of ketones is 1. The summed E-state index contributed by atoms with van der Waals surface area (Å²) in [4.78, 5) is 12.2. The lowest BCUT2D eigenvalue weighted by molar-refractivity contribution is -0.127. The summed E-state index contributed by atoms with van der Waals surface area (Å²) < 4.78 is 0. The van der Waals surface area contributed by atoms with Crippen LogP contribution in [0.25, 0.3) is 0 Å². The summed E-state index contributed by atoms with van der Waals surface area (Å²) in [5, 5.41) is 18.8. The fraction of sp³-hybridized carbons (Fsp3) is 0.941. The molecule has 0 saturated heterocycles. The topological polar surface area (TPSA) is 57.5 Å². The molecule has 0 amide bonds. The molecule has 1 unspecified atom stereocenters. The Bertz CT molecular complexity index is 959. The molecule has 316 valence electrons. The highest BCUT2D eigenvalue weighted by Gasteiger charge is 2.59. The summed E-state index contributed by atoms with van der Waals surface area (Å²) in [5.41, 5.74) is 2.11. The van der Waals surface area contributed by atoms with Gasteiger partial charge in [0.1, 0.15) is 5.78 Å². The fourth-order valence-corrected chi connectivity index (χ4v) is 12.1. The van der Waals surface area contributed by atoms with Gasteiger partial charge in [-0.2, -0.15) is 0 Å². The Morgan fingerprint density at radius 1 is 0.593 bits per heavy atom. The van der Waals surface area contributed by atoms with E-state index in [1.807, 2.05) is 6.92 Å². The first-order valence-corrected chi connectivity index (χ1v) is 24.8. The number of aliphatic hydroxyl groups is 2. The molecule has 7 atom stereocenters. The molecule has 0 bridgehead atoms. The minimum Gasteiger partial charge on any atom is -0.396 e. The predicted molar refractivity (Wildman–Crippen MR) is 234 cm³/mol. The van der Waals surface area contributed by atoms with Crippen LogP contribution in [0.1, 0.15) is 259 Å². The van der Waals surface area contributed by atoms with Gasteiger partial charge < -0.3 is 10.2 Å². The third-order valence-corrected chi connectivity index (χ3v) is 15.6. The van der Waals surface area contributed by atoms with Crippen LogP contribution in [-0.2, 0) is 4.79 Å². The number of hydrogen-bond acceptors (Lipinski definition) is 3. The number of rotatable bonds is 29. The second-order valence-corrected chi connectivity index (χ2v) is 19.7. The summed E-state index contributed by atoms with van der Waals surface area (Å²) in [7, 11) is 0. The van der Waals surface area contributed by atoms with Crippen molar-refractivity contribution in [1.29, 1.82) is 0 Å². The van der Waals surface area contributed by atoms with Crippen molar-refractivity contribution >= 4 is 5.78 Å². The molecule has 4 aliphatic carbocycles. The largest absolute Gasteiger partial charge is 0.396 e. The fourth-order valence-electron chi connectivity index (χ4n) is 12.1. The summed E-state index contributed by atoms with van der Waals surface area (Å²) in [6, 6.07) is 0. The summed E-state index contributed by atoms with van der Waals surface area (Å²) in [6.07, 6.45) is 51.5. The molecule has 0 aromatic heterocycles. The zero-order valence-electron chi connectivity index (χ0n) is 36.9. The molecule has 3 heteroatoms. The molecule has 0 heterocycles. The first kappa shape index (κ1) is 47.7. The van der Waals surface area contributed by atoms with E-state index in [9.17, 15) is 9.90 Å². The maximum absolute atomic E-state index is 12.2. The van der Waals surface area contributed by atoms with Crippen molar-refractivity contribution in [2.45, 2.75) is 265 Å². The lowest BCUT2D eigenvalue weighted by atomic mass is 9.47. The van der Waals surface area contributed by atoms with Crippen molar-refractivity contribution < 1.29 is 15.0 Å². The van der Waals surface area contributed by atoms with Gasteiger partial charge >= 0.3 is 0 Å². The molecular formula is C51H94O3. The highest BCUT2D eigenvalue weighted by atomic mass is 16.3. The van der Waals surface area contributed by atoms with Crippen LogP contribution in [0.15, 0.2) is 11.6 Å². The second-order valence-electron chi connectivity index (χ2n) is 19.7. The SMILES string of the molecule is CC(=O)[C@H]1CC[C@H]2[C@@H]3CC=C4CC(O)CC[C@]4(C)[C@H]3CC[C@]12C.CCCCCCCCCCCCCCCCCCCCCCCCCCCCCCO. The number of Topliss-reactive ketones (excluding diaryl/α,β-unsaturated/α-hetero) is 1. The van der Waals surface area contributed by atoms with Crippen LogP contribution in [0.3, 0.4) is 0 Å². The van der Waals surface area contributed by atoms with Gasteiger partial charge in [-0.15, -0.1) is 0 Å². The first-order chi connectivity index (χ1) is 26.3. The monoisotopic (exact) mass is 755 g/mol. The highest BCUT2D eigenvalue weighted by molar-refractivity contribution is 5.79. The molecule has 3 fully saturated rings. The Balaban J connectivity index is 0.000000300. The second kappa shape index (κ2) is 27.9. The molecule has 4 aliphatic rings. The van der Waals surface area contributed by atoms with Crippen molar-refractivity contribution in [1.82, 2.24) is 0 Å². The van der Waals surface area contributed by atoms with E-state index in [0.29, 0.717) is 23.7 Å². The Hall–Kier alpha value is -0.670. The normalized spacial score (nSPS) is 28.8. The molecule has 4 rings (SSSR count). The third kappa shape index (κ3) is 16.3. The van der Waals surface area contributed by atoms with Crippen LogP contribution in [0.4, 0.5) is 0 Å². The Morgan fingerprint density at radius 3 is 1.43 bits per heavy atom. The van der Waals surface area contributed by atoms with Gasteiger partial charge in [0.2, 0.25) is 0 Å². The van der Waals surface area contributed by atoms with Crippen LogP contribution < -0.4 is 0 Å². The first-order valence-electron chi connectivity index (χ1n) is 24.8. The Morgan fingerprint density at radius 2 is 1.02 bits per heavy atom. The predicted octanol–water partition coefficient (Wildman–Crippen LogP) is 15.4. The van der Waals surface area contributed by atoms with E-state index in [-0.39, 0.29) is 11.5 Å². The smallest absolute Gasteiger partial charge is 0.133 e. The van der Waals surface area contributed by atoms with Crippen molar-refractivity contribution in [2.24, 2.45) is 34.5 Å². The van der Waals surface area contributed by atoms with Crippen molar-refractivity contribution in [3.63, 3.8) is 0 Å². The Kier molecular flexibility index (Phi) is 24.6. The number of unbranched alkanes of at least 4 members (excludes halogenated alkanes) is 27. The zero-order chi connectivity index (χ0) is 38.9. The standard InChI is InChI=1S/C30H62O.C21H32O2/c1-2-3-4-5-6-7-8-9-10-11-12-13-14-15-16-17-18-19-20-21-22-23-24-25-26-27-28-29-30-31;1-13(22)17-6-7-18-16-5-4-14-12-15(23)8-10-20(14,2)19(16)9-11-21(17,18)3/h31H,2-30H2,1H3;4,15-19,23H,5-12H2,1-3H3/t;15?,16-,17+,18-,19-,20-,21+/m.0/s1. The van der Waals surface area contributed by atoms with Gasteiger partial charge in [-0.1, -0.05) is 206 Å². The molecular weight excluding hydrogens is 661 g/mol. The van der Waals surface area contributed by atoms with E-state index in [1.165, 1.54) is 199 Å². The van der Waals surface area contributed by atoms with E-state index in [4.69, 9.17) is 5.11 Å². The maximum Gasteiger partial charge on any atom is 0.133 e. The highest BCUT2D eigenvalue weighted by Crippen LogP contribution is 2.66. The summed E-state index contributed by atoms with van der Waals surface area (Å²) in [6.45, 7) is 9.38. The van der Waals surface area contributed by atoms with E-state index in [0.717, 1.165) is 49.9 Å². The molecule has 54 heavy (non-hydrogen) atoms. The van der Waals surface area contributed by atoms with Gasteiger partial charge in [-0.3, -0.25) is 4.79 Å². The van der Waals surface area contributed by atoms with E-state index < -0.39 is 0 Å². The number of aliphatic hydroxyl groups excluding tert-OH is 2. The van der Waals surface area contributed by atoms with Crippen LogP contribution in [0, 0.1) is 34.5 Å². The van der Waals surface area contributed by atoms with E-state index >= 15 is 0 Å². The van der Waals surface area contributed by atoms with Gasteiger partial charge in [0.05, 0.1) is 6.10 Å². The van der Waals surface area contributed by atoms with E-state index in [2.05, 4.69) is 26.8 Å². The molecule has 0 aliphatic heterocycles. The molecule has 0 aromatic rings. The lowest BCUT2D eigenvalue weighted by Gasteiger charge is -2.57. The quantitative estimate of drug-likeness (QED) is 0.0590. The molecule has 3 saturated carbocycles. The van der Waals surface area contributed by atoms with Crippen LogP contribution in [-0.4, -0.2) is 28.7 Å². The number of fused-ring (bicyclic) bond motifs is 5. The van der Waals surface area contributed by atoms with Crippen LogP contribution >= 0.6 is 0 Å². The van der Waals surface area contributed by atoms with Gasteiger partial charge in [0.15, 0.2) is 0 Å². The minimum absolute atomic E-state index is 0.117. The number of allylic oxidation sites excluding steroid dienone is 1. The summed E-state index contributed by atoms with van der Waals surface area (Å²) >= 11 is 0. The van der Waals surface area contributed by atoms with Crippen molar-refractivity contribution in [3.05, 3.63) is 11.6 Å².